The average molecular weight is 456 g/mol. The molecule has 14 heteroatoms. The topological polar surface area (TPSA) is 195 Å². The molecule has 14 nitrogen and oxygen atoms in total. The zero-order chi connectivity index (χ0) is 23.7. The molecule has 1 saturated heterocycles. The van der Waals surface area contributed by atoms with Crippen LogP contribution in [0.4, 0.5) is 5.82 Å². The number of hydrogen-bond donors (Lipinski definition) is 4. The predicted octanol–water partition coefficient (Wildman–Crippen LogP) is -2.11. The highest BCUT2D eigenvalue weighted by Gasteiger charge is 2.47. The minimum atomic E-state index is -1.46. The van der Waals surface area contributed by atoms with E-state index in [0.717, 1.165) is 0 Å². The van der Waals surface area contributed by atoms with Crippen LogP contribution < -0.4 is 11.1 Å². The van der Waals surface area contributed by atoms with E-state index in [2.05, 4.69) is 37.3 Å². The van der Waals surface area contributed by atoms with Crippen LogP contribution in [0.2, 0.25) is 0 Å². The summed E-state index contributed by atoms with van der Waals surface area (Å²) in [7, 11) is 2.93. The van der Waals surface area contributed by atoms with Crippen molar-refractivity contribution >= 4 is 28.8 Å². The number of aliphatic hydroxyl groups excluding tert-OH is 2. The molecule has 4 heterocycles. The van der Waals surface area contributed by atoms with Crippen molar-refractivity contribution in [2.45, 2.75) is 24.5 Å². The molecule has 0 aromatic carbocycles. The minimum Gasteiger partial charge on any atom is -0.387 e. The highest BCUT2D eigenvalue weighted by Crippen LogP contribution is 2.32. The zero-order valence-corrected chi connectivity index (χ0v) is 17.5. The summed E-state index contributed by atoms with van der Waals surface area (Å²) in [4.78, 5) is 37.9. The Bertz CT molecular complexity index is 1250. The molecular formula is C19H20N8O6. The van der Waals surface area contributed by atoms with Crippen molar-refractivity contribution < 1.29 is 29.1 Å². The number of imidazole rings is 1. The lowest BCUT2D eigenvalue weighted by Crippen LogP contribution is -2.41. The number of carbonyl (C=O) groups is 2. The molecule has 172 valence electrons. The van der Waals surface area contributed by atoms with Crippen LogP contribution in [0.15, 0.2) is 23.1 Å². The van der Waals surface area contributed by atoms with Crippen LogP contribution in [-0.4, -0.2) is 90.6 Å². The fourth-order valence-electron chi connectivity index (χ4n) is 3.25. The molecule has 5 N–H and O–H groups in total. The second-order valence-corrected chi connectivity index (χ2v) is 7.14. The number of nitrogen functional groups attached to an aromatic ring is 1. The van der Waals surface area contributed by atoms with Crippen molar-refractivity contribution in [2.75, 3.05) is 26.4 Å². The Labute approximate surface area is 186 Å². The largest absolute Gasteiger partial charge is 0.387 e. The quantitative estimate of drug-likeness (QED) is 0.314. The van der Waals surface area contributed by atoms with Crippen LogP contribution in [0, 0.1) is 11.8 Å². The van der Waals surface area contributed by atoms with Gasteiger partial charge in [0.15, 0.2) is 23.8 Å². The fraction of sp³-hybridized carbons (Fsp3) is 0.368. The summed E-state index contributed by atoms with van der Waals surface area (Å²) in [5, 5.41) is 26.5. The Hall–Kier alpha value is -4.06. The van der Waals surface area contributed by atoms with Gasteiger partial charge in [-0.3, -0.25) is 14.2 Å². The molecule has 1 aliphatic rings. The Morgan fingerprint density at radius 1 is 1.33 bits per heavy atom. The Kier molecular flexibility index (Phi) is 5.92. The number of hydrogen-bond acceptors (Lipinski definition) is 11. The molecule has 3 aromatic heterocycles. The van der Waals surface area contributed by atoms with E-state index in [1.54, 1.807) is 7.05 Å². The lowest BCUT2D eigenvalue weighted by atomic mass is 10.1. The maximum atomic E-state index is 12.2. The molecular weight excluding hydrogens is 436 g/mol. The van der Waals surface area contributed by atoms with Crippen LogP contribution in [0.25, 0.3) is 11.2 Å². The average Bonchev–Trinajstić information content (AvgIpc) is 3.54. The molecule has 4 atom stereocenters. The number of carbonyl (C=O) groups excluding carboxylic acids is 2. The molecule has 1 fully saturated rings. The first kappa shape index (κ1) is 22.1. The van der Waals surface area contributed by atoms with E-state index in [1.807, 2.05) is 0 Å². The first-order valence-electron chi connectivity index (χ1n) is 9.70. The number of nitrogens with one attached hydrogen (secondary N) is 1. The van der Waals surface area contributed by atoms with E-state index in [0.29, 0.717) is 0 Å². The molecule has 0 radical (unpaired) electrons. The van der Waals surface area contributed by atoms with Gasteiger partial charge < -0.3 is 35.4 Å². The van der Waals surface area contributed by atoms with Gasteiger partial charge in [-0.1, -0.05) is 11.1 Å². The number of aliphatic hydroxyl groups is 2. The standard InChI is InChI=1S/C19H20N8O6/c1-21-17(30)14-12(28)13(29)19(32-14)27-8-22-11-15(20)24-10(25-16(11)27)4-3-7-26(2)18(31)9-5-6-23-33-9/h5-6,8,12-14,19,28-29H,7H2,1-2H3,(H,21,30)(H2,20,24,25)/t12-,13?,14-,19+/m0/s1. The minimum absolute atomic E-state index is 0.0324. The summed E-state index contributed by atoms with van der Waals surface area (Å²) in [6, 6.07) is 1.44. The van der Waals surface area contributed by atoms with E-state index in [1.165, 1.54) is 35.1 Å². The smallest absolute Gasteiger partial charge is 0.292 e. The highest BCUT2D eigenvalue weighted by molar-refractivity contribution is 5.91. The van der Waals surface area contributed by atoms with E-state index >= 15 is 0 Å². The van der Waals surface area contributed by atoms with Gasteiger partial charge in [0.05, 0.1) is 19.1 Å². The first-order valence-corrected chi connectivity index (χ1v) is 9.70. The summed E-state index contributed by atoms with van der Waals surface area (Å²) in [6.45, 7) is 0.0462. The molecule has 1 unspecified atom stereocenters. The number of nitrogens with two attached hydrogens (primary N) is 1. The molecule has 3 aromatic rings. The van der Waals surface area contributed by atoms with Crippen LogP contribution in [0.3, 0.4) is 0 Å². The summed E-state index contributed by atoms with van der Waals surface area (Å²) in [6.07, 6.45) is -2.63. The van der Waals surface area contributed by atoms with E-state index in [4.69, 9.17) is 15.0 Å². The molecule has 0 bridgehead atoms. The van der Waals surface area contributed by atoms with Gasteiger partial charge in [-0.15, -0.1) is 0 Å². The van der Waals surface area contributed by atoms with E-state index in [-0.39, 0.29) is 35.1 Å². The molecule has 0 spiro atoms. The monoisotopic (exact) mass is 456 g/mol. The number of nitrogens with zero attached hydrogens (tertiary/aromatic N) is 6. The number of likely N-dealkylation sites (N-methyl/N-ethyl adjacent to an activating group) is 1. The Morgan fingerprint density at radius 3 is 2.82 bits per heavy atom. The van der Waals surface area contributed by atoms with Gasteiger partial charge in [-0.2, -0.15) is 0 Å². The molecule has 0 saturated carbocycles. The van der Waals surface area contributed by atoms with E-state index < -0.39 is 36.4 Å². The molecule has 2 amide bonds. The van der Waals surface area contributed by atoms with Crippen molar-refractivity contribution in [3.8, 4) is 11.8 Å². The third-order valence-corrected chi connectivity index (χ3v) is 4.98. The Balaban J connectivity index is 1.58. The number of aromatic nitrogens is 5. The van der Waals surface area contributed by atoms with Crippen molar-refractivity contribution in [1.29, 1.82) is 0 Å². The second kappa shape index (κ2) is 8.82. The summed E-state index contributed by atoms with van der Waals surface area (Å²) in [5.74, 6) is 4.67. The fourth-order valence-corrected chi connectivity index (χ4v) is 3.25. The number of rotatable bonds is 4. The SMILES string of the molecule is CNC(=O)[C@H]1O[C@@H](n2cnc3c(N)nc(C#CCN(C)C(=O)c4ccno4)nc32)C(O)[C@@H]1O. The highest BCUT2D eigenvalue weighted by atomic mass is 16.6. The zero-order valence-electron chi connectivity index (χ0n) is 17.5. The number of amides is 2. The van der Waals surface area contributed by atoms with Crippen LogP contribution in [0.5, 0.6) is 0 Å². The van der Waals surface area contributed by atoms with Crippen LogP contribution in [-0.2, 0) is 9.53 Å². The molecule has 33 heavy (non-hydrogen) atoms. The maximum Gasteiger partial charge on any atom is 0.292 e. The molecule has 4 rings (SSSR count). The van der Waals surface area contributed by atoms with Gasteiger partial charge >= 0.3 is 0 Å². The van der Waals surface area contributed by atoms with Gasteiger partial charge in [0.2, 0.25) is 11.6 Å². The van der Waals surface area contributed by atoms with Gasteiger partial charge in [-0.05, 0) is 5.92 Å². The molecule has 1 aliphatic heterocycles. The third kappa shape index (κ3) is 4.07. The second-order valence-electron chi connectivity index (χ2n) is 7.14. The van der Waals surface area contributed by atoms with Crippen molar-refractivity contribution in [1.82, 2.24) is 34.9 Å². The Morgan fingerprint density at radius 2 is 2.12 bits per heavy atom. The number of ether oxygens (including phenoxy) is 1. The summed E-state index contributed by atoms with van der Waals surface area (Å²) in [5.41, 5.74) is 6.39. The number of fused-ring (bicyclic) bond motifs is 1. The summed E-state index contributed by atoms with van der Waals surface area (Å²) < 4.78 is 11.7. The normalized spacial score (nSPS) is 22.1. The lowest BCUT2D eigenvalue weighted by Gasteiger charge is -2.16. The third-order valence-electron chi connectivity index (χ3n) is 4.98. The summed E-state index contributed by atoms with van der Waals surface area (Å²) >= 11 is 0. The maximum absolute atomic E-state index is 12.2. The predicted molar refractivity (Wildman–Crippen MR) is 110 cm³/mol. The van der Waals surface area contributed by atoms with Gasteiger partial charge in [0.1, 0.15) is 17.7 Å². The van der Waals surface area contributed by atoms with Gasteiger partial charge in [-0.25, -0.2) is 15.0 Å². The van der Waals surface area contributed by atoms with Crippen LogP contribution >= 0.6 is 0 Å². The van der Waals surface area contributed by atoms with Crippen LogP contribution in [0.1, 0.15) is 22.6 Å². The lowest BCUT2D eigenvalue weighted by molar-refractivity contribution is -0.137. The van der Waals surface area contributed by atoms with E-state index in [9.17, 15) is 19.8 Å². The number of anilines is 1. The van der Waals surface area contributed by atoms with Crippen molar-refractivity contribution in [3.05, 3.63) is 30.2 Å². The first-order chi connectivity index (χ1) is 15.8. The molecule has 0 aliphatic carbocycles. The van der Waals surface area contributed by atoms with Gasteiger partial charge in [0.25, 0.3) is 11.8 Å². The van der Waals surface area contributed by atoms with Crippen molar-refractivity contribution in [2.24, 2.45) is 0 Å². The van der Waals surface area contributed by atoms with Gasteiger partial charge in [0, 0.05) is 20.2 Å². The van der Waals surface area contributed by atoms with Crippen molar-refractivity contribution in [3.63, 3.8) is 0 Å².